The highest BCUT2D eigenvalue weighted by Crippen LogP contribution is 2.31. The van der Waals surface area contributed by atoms with Crippen LogP contribution in [0.3, 0.4) is 0 Å². The van der Waals surface area contributed by atoms with E-state index < -0.39 is 0 Å². The van der Waals surface area contributed by atoms with Crippen LogP contribution in [0.2, 0.25) is 0 Å². The summed E-state index contributed by atoms with van der Waals surface area (Å²) in [5.74, 6) is 2.58. The molecule has 0 bridgehead atoms. The second kappa shape index (κ2) is 12.4. The lowest BCUT2D eigenvalue weighted by Crippen LogP contribution is -2.45. The van der Waals surface area contributed by atoms with E-state index in [1.165, 1.54) is 0 Å². The molecule has 1 saturated heterocycles. The number of aliphatic hydroxyl groups excluding tert-OH is 1. The minimum atomic E-state index is -0.0597. The molecule has 1 fully saturated rings. The number of aryl methyl sites for hydroxylation is 1. The summed E-state index contributed by atoms with van der Waals surface area (Å²) in [5.41, 5.74) is 2.64. The largest absolute Gasteiger partial charge is 0.491 e. The van der Waals surface area contributed by atoms with Crippen LogP contribution in [0.4, 0.5) is 0 Å². The van der Waals surface area contributed by atoms with Crippen LogP contribution in [-0.4, -0.2) is 59.4 Å². The molecule has 0 spiro atoms. The molecule has 1 aliphatic rings. The SMILES string of the molecule is Cc1ncc(C(Cc2ccc(C#N)c(Oc3cccc(OCCO)c3)c2)N2CCNCC2)[nH]1.Cl. The van der Waals surface area contributed by atoms with Crippen molar-refractivity contribution in [2.24, 2.45) is 0 Å². The second-order valence-electron chi connectivity index (χ2n) is 8.02. The van der Waals surface area contributed by atoms with Gasteiger partial charge in [-0.2, -0.15) is 5.26 Å². The number of rotatable bonds is 9. The number of aromatic nitrogens is 2. The third-order valence-corrected chi connectivity index (χ3v) is 5.66. The summed E-state index contributed by atoms with van der Waals surface area (Å²) in [4.78, 5) is 10.3. The zero-order valence-corrected chi connectivity index (χ0v) is 20.0. The lowest BCUT2D eigenvalue weighted by Gasteiger charge is -2.34. The van der Waals surface area contributed by atoms with Crippen molar-refractivity contribution in [3.63, 3.8) is 0 Å². The molecule has 2 aromatic carbocycles. The summed E-state index contributed by atoms with van der Waals surface area (Å²) >= 11 is 0. The molecule has 2 heterocycles. The molecule has 0 amide bonds. The van der Waals surface area contributed by atoms with E-state index in [0.717, 1.165) is 49.7 Å². The van der Waals surface area contributed by atoms with Gasteiger partial charge >= 0.3 is 0 Å². The van der Waals surface area contributed by atoms with Crippen LogP contribution in [0.25, 0.3) is 0 Å². The number of hydrogen-bond donors (Lipinski definition) is 3. The summed E-state index contributed by atoms with van der Waals surface area (Å²) < 4.78 is 11.6. The van der Waals surface area contributed by atoms with Crippen molar-refractivity contribution in [3.8, 4) is 23.3 Å². The van der Waals surface area contributed by atoms with E-state index in [4.69, 9.17) is 14.6 Å². The van der Waals surface area contributed by atoms with Crippen LogP contribution in [0.1, 0.15) is 28.7 Å². The number of piperazine rings is 1. The predicted molar refractivity (Wildman–Crippen MR) is 132 cm³/mol. The van der Waals surface area contributed by atoms with Crippen molar-refractivity contribution in [3.05, 3.63) is 71.3 Å². The van der Waals surface area contributed by atoms with Gasteiger partial charge in [-0.25, -0.2) is 4.98 Å². The number of aromatic amines is 1. The Bertz CT molecular complexity index is 1110. The number of aliphatic hydroxyl groups is 1. The summed E-state index contributed by atoms with van der Waals surface area (Å²) in [6, 6.07) is 15.3. The van der Waals surface area contributed by atoms with E-state index in [2.05, 4.69) is 26.3 Å². The highest BCUT2D eigenvalue weighted by atomic mass is 35.5. The second-order valence-corrected chi connectivity index (χ2v) is 8.02. The first-order valence-corrected chi connectivity index (χ1v) is 11.2. The highest BCUT2D eigenvalue weighted by Gasteiger charge is 2.24. The number of H-pyrrole nitrogens is 1. The van der Waals surface area contributed by atoms with Crippen molar-refractivity contribution in [1.29, 1.82) is 5.26 Å². The van der Waals surface area contributed by atoms with Gasteiger partial charge in [-0.15, -0.1) is 12.4 Å². The Morgan fingerprint density at radius 3 is 2.68 bits per heavy atom. The number of hydrogen-bond acceptors (Lipinski definition) is 7. The fourth-order valence-corrected chi connectivity index (χ4v) is 4.05. The average Bonchev–Trinajstić information content (AvgIpc) is 3.28. The van der Waals surface area contributed by atoms with Gasteiger partial charge in [-0.1, -0.05) is 12.1 Å². The highest BCUT2D eigenvalue weighted by molar-refractivity contribution is 5.85. The average molecular weight is 484 g/mol. The van der Waals surface area contributed by atoms with E-state index in [1.807, 2.05) is 43.5 Å². The molecule has 1 aliphatic heterocycles. The van der Waals surface area contributed by atoms with Crippen LogP contribution in [-0.2, 0) is 6.42 Å². The number of halogens is 1. The Balaban J connectivity index is 0.00000324. The van der Waals surface area contributed by atoms with Crippen LogP contribution < -0.4 is 14.8 Å². The minimum absolute atomic E-state index is 0. The van der Waals surface area contributed by atoms with Gasteiger partial charge < -0.3 is 24.9 Å². The number of benzene rings is 2. The molecule has 34 heavy (non-hydrogen) atoms. The Hall–Kier alpha value is -3.09. The van der Waals surface area contributed by atoms with Gasteiger partial charge in [0.2, 0.25) is 0 Å². The Morgan fingerprint density at radius 2 is 1.97 bits per heavy atom. The standard InChI is InChI=1S/C25H29N5O3.ClH/c1-18-28-17-23(29-18)24(30-9-7-27-8-10-30)13-19-5-6-20(16-26)25(14-19)33-22-4-2-3-21(15-22)32-12-11-31;/h2-6,14-15,17,24,27,31H,7-13H2,1H3,(H,28,29);1H. The molecule has 180 valence electrons. The maximum Gasteiger partial charge on any atom is 0.145 e. The molecule has 1 atom stereocenters. The monoisotopic (exact) mass is 483 g/mol. The molecule has 0 radical (unpaired) electrons. The van der Waals surface area contributed by atoms with Crippen molar-refractivity contribution in [1.82, 2.24) is 20.2 Å². The molecule has 4 rings (SSSR count). The van der Waals surface area contributed by atoms with Crippen molar-refractivity contribution in [2.75, 3.05) is 39.4 Å². The third kappa shape index (κ3) is 6.49. The lowest BCUT2D eigenvalue weighted by molar-refractivity contribution is 0.169. The zero-order valence-electron chi connectivity index (χ0n) is 19.2. The molecule has 3 aromatic rings. The summed E-state index contributed by atoms with van der Waals surface area (Å²) in [6.07, 6.45) is 2.68. The molecule has 8 nitrogen and oxygen atoms in total. The van der Waals surface area contributed by atoms with Gasteiger partial charge in [0.1, 0.15) is 35.7 Å². The Morgan fingerprint density at radius 1 is 1.18 bits per heavy atom. The quantitative estimate of drug-likeness (QED) is 0.428. The number of ether oxygens (including phenoxy) is 2. The Kier molecular flexibility index (Phi) is 9.31. The van der Waals surface area contributed by atoms with Crippen LogP contribution in [0.15, 0.2) is 48.7 Å². The fraction of sp³-hybridized carbons (Fsp3) is 0.360. The third-order valence-electron chi connectivity index (χ3n) is 5.66. The van der Waals surface area contributed by atoms with Gasteiger partial charge in [0.05, 0.1) is 23.9 Å². The summed E-state index contributed by atoms with van der Waals surface area (Å²) in [7, 11) is 0. The number of imidazole rings is 1. The minimum Gasteiger partial charge on any atom is -0.491 e. The normalized spacial score (nSPS) is 14.6. The van der Waals surface area contributed by atoms with Gasteiger partial charge in [0.25, 0.3) is 0 Å². The topological polar surface area (TPSA) is 106 Å². The van der Waals surface area contributed by atoms with Gasteiger partial charge in [-0.3, -0.25) is 4.90 Å². The first-order chi connectivity index (χ1) is 16.2. The first-order valence-electron chi connectivity index (χ1n) is 11.2. The van der Waals surface area contributed by atoms with Crippen LogP contribution in [0, 0.1) is 18.3 Å². The number of nitrogens with one attached hydrogen (secondary N) is 2. The molecule has 1 aromatic heterocycles. The molecular weight excluding hydrogens is 454 g/mol. The lowest BCUT2D eigenvalue weighted by atomic mass is 10.00. The van der Waals surface area contributed by atoms with Gasteiger partial charge in [0.15, 0.2) is 0 Å². The smallest absolute Gasteiger partial charge is 0.145 e. The zero-order chi connectivity index (χ0) is 23.0. The van der Waals surface area contributed by atoms with E-state index in [1.54, 1.807) is 12.1 Å². The van der Waals surface area contributed by atoms with Crippen LogP contribution in [0.5, 0.6) is 17.2 Å². The summed E-state index contributed by atoms with van der Waals surface area (Å²) in [5, 5.41) is 22.0. The number of nitriles is 1. The predicted octanol–water partition coefficient (Wildman–Crippen LogP) is 3.36. The van der Waals surface area contributed by atoms with E-state index in [-0.39, 0.29) is 31.7 Å². The first kappa shape index (κ1) is 25.5. The molecule has 0 saturated carbocycles. The Labute approximate surface area is 205 Å². The van der Waals surface area contributed by atoms with Gasteiger partial charge in [-0.05, 0) is 43.2 Å². The van der Waals surface area contributed by atoms with Crippen molar-refractivity contribution < 1.29 is 14.6 Å². The molecule has 0 aliphatic carbocycles. The molecular formula is C25H30ClN5O3. The summed E-state index contributed by atoms with van der Waals surface area (Å²) in [6.45, 7) is 5.95. The number of nitrogens with zero attached hydrogens (tertiary/aromatic N) is 3. The van der Waals surface area contributed by atoms with E-state index >= 15 is 0 Å². The molecule has 3 N–H and O–H groups in total. The van der Waals surface area contributed by atoms with Crippen LogP contribution >= 0.6 is 12.4 Å². The maximum absolute atomic E-state index is 9.61. The fourth-order valence-electron chi connectivity index (χ4n) is 4.05. The van der Waals surface area contributed by atoms with E-state index in [9.17, 15) is 5.26 Å². The van der Waals surface area contributed by atoms with Crippen molar-refractivity contribution >= 4 is 12.4 Å². The molecule has 1 unspecified atom stereocenters. The van der Waals surface area contributed by atoms with E-state index in [0.29, 0.717) is 22.8 Å². The maximum atomic E-state index is 9.61. The molecule has 9 heteroatoms. The van der Waals surface area contributed by atoms with Gasteiger partial charge in [0, 0.05) is 38.4 Å². The van der Waals surface area contributed by atoms with Crippen molar-refractivity contribution in [2.45, 2.75) is 19.4 Å².